The molecular formula is C25H24N5O3S+. The zero-order valence-corrected chi connectivity index (χ0v) is 19.8. The SMILES string of the molecule is Cc1cc(C)cc(-c2cccc(-c3csc(NC(=O)CNC(=O)c4ccn([N+](C)=O)c4)n3)c2)c1. The third kappa shape index (κ3) is 5.44. The van der Waals surface area contributed by atoms with Crippen LogP contribution in [-0.4, -0.2) is 39.9 Å². The number of rotatable bonds is 7. The number of amides is 2. The van der Waals surface area contributed by atoms with Crippen molar-refractivity contribution < 1.29 is 14.5 Å². The van der Waals surface area contributed by atoms with Gasteiger partial charge in [-0.25, -0.2) is 4.98 Å². The molecule has 2 heterocycles. The summed E-state index contributed by atoms with van der Waals surface area (Å²) in [5.41, 5.74) is 6.67. The van der Waals surface area contributed by atoms with Crippen LogP contribution in [0.25, 0.3) is 22.4 Å². The summed E-state index contributed by atoms with van der Waals surface area (Å²) < 4.78 is 1.22. The van der Waals surface area contributed by atoms with Crippen LogP contribution in [0.5, 0.6) is 0 Å². The van der Waals surface area contributed by atoms with Gasteiger partial charge in [-0.05, 0) is 37.1 Å². The highest BCUT2D eigenvalue weighted by Crippen LogP contribution is 2.29. The van der Waals surface area contributed by atoms with E-state index in [2.05, 4.69) is 59.8 Å². The molecule has 2 aromatic carbocycles. The number of hydrogen-bond donors (Lipinski definition) is 2. The normalized spacial score (nSPS) is 10.7. The van der Waals surface area contributed by atoms with Crippen LogP contribution < -0.4 is 10.6 Å². The van der Waals surface area contributed by atoms with Gasteiger partial charge in [0, 0.05) is 10.9 Å². The highest BCUT2D eigenvalue weighted by molar-refractivity contribution is 7.14. The third-order valence-electron chi connectivity index (χ3n) is 5.14. The van der Waals surface area contributed by atoms with Crippen LogP contribution in [0.15, 0.2) is 66.3 Å². The molecule has 2 N–H and O–H groups in total. The van der Waals surface area contributed by atoms with E-state index >= 15 is 0 Å². The smallest absolute Gasteiger partial charge is 0.253 e. The fourth-order valence-electron chi connectivity index (χ4n) is 3.58. The molecule has 0 bridgehead atoms. The second-order valence-corrected chi connectivity index (χ2v) is 8.83. The standard InChI is InChI=1S/C25H23N5O3S/c1-16-9-17(2)11-21(10-16)18-5-4-6-19(12-18)22-15-34-25(27-22)28-23(31)13-26-24(32)20-7-8-30(14-20)29(3)33/h4-12,14-15H,13H2,1-3H3,(H-,26,27,28,31,32)/p+1. The summed E-state index contributed by atoms with van der Waals surface area (Å²) in [6, 6.07) is 16.1. The Morgan fingerprint density at radius 2 is 1.76 bits per heavy atom. The molecule has 0 radical (unpaired) electrons. The average molecular weight is 475 g/mol. The van der Waals surface area contributed by atoms with Crippen LogP contribution in [0, 0.1) is 18.8 Å². The zero-order chi connectivity index (χ0) is 24.2. The van der Waals surface area contributed by atoms with Crippen molar-refractivity contribution in [2.24, 2.45) is 0 Å². The van der Waals surface area contributed by atoms with Crippen molar-refractivity contribution in [2.45, 2.75) is 13.8 Å². The number of carbonyl (C=O) groups is 2. The van der Waals surface area contributed by atoms with Gasteiger partial charge in [0.15, 0.2) is 5.13 Å². The Kier molecular flexibility index (Phi) is 6.65. The second-order valence-electron chi connectivity index (χ2n) is 7.97. The third-order valence-corrected chi connectivity index (χ3v) is 5.90. The Morgan fingerprint density at radius 3 is 2.47 bits per heavy atom. The molecule has 2 aromatic heterocycles. The van der Waals surface area contributed by atoms with Gasteiger partial charge >= 0.3 is 0 Å². The lowest BCUT2D eigenvalue weighted by molar-refractivity contribution is -0.578. The van der Waals surface area contributed by atoms with Crippen molar-refractivity contribution in [3.05, 3.63) is 87.9 Å². The van der Waals surface area contributed by atoms with E-state index < -0.39 is 11.8 Å². The molecule has 0 aliphatic rings. The molecule has 8 nitrogen and oxygen atoms in total. The first-order valence-corrected chi connectivity index (χ1v) is 11.5. The fourth-order valence-corrected chi connectivity index (χ4v) is 4.32. The Labute approximate surface area is 200 Å². The Bertz CT molecular complexity index is 1370. The number of thiazole rings is 1. The molecule has 0 aliphatic heterocycles. The number of benzene rings is 2. The first-order valence-electron chi connectivity index (χ1n) is 10.6. The van der Waals surface area contributed by atoms with E-state index in [1.54, 1.807) is 0 Å². The number of nitrogens with one attached hydrogen (secondary N) is 2. The minimum Gasteiger partial charge on any atom is -0.343 e. The summed E-state index contributed by atoms with van der Waals surface area (Å²) in [7, 11) is 1.32. The zero-order valence-electron chi connectivity index (χ0n) is 19.0. The summed E-state index contributed by atoms with van der Waals surface area (Å²) in [4.78, 5) is 40.8. The van der Waals surface area contributed by atoms with Crippen LogP contribution in [0.1, 0.15) is 21.5 Å². The van der Waals surface area contributed by atoms with Gasteiger partial charge in [-0.1, -0.05) is 52.2 Å². The molecule has 0 spiro atoms. The summed E-state index contributed by atoms with van der Waals surface area (Å²) in [5.74, 6) is -0.836. The minimum absolute atomic E-state index is 0.214. The van der Waals surface area contributed by atoms with E-state index in [0.717, 1.165) is 22.4 Å². The van der Waals surface area contributed by atoms with Crippen LogP contribution in [-0.2, 0) is 4.79 Å². The number of anilines is 1. The predicted molar refractivity (Wildman–Crippen MR) is 133 cm³/mol. The Hall–Kier alpha value is -4.11. The van der Waals surface area contributed by atoms with Crippen molar-refractivity contribution in [2.75, 3.05) is 18.9 Å². The van der Waals surface area contributed by atoms with Crippen molar-refractivity contribution >= 4 is 28.3 Å². The highest BCUT2D eigenvalue weighted by atomic mass is 32.1. The number of aryl methyl sites for hydroxylation is 2. The van der Waals surface area contributed by atoms with Crippen LogP contribution >= 0.6 is 11.3 Å². The van der Waals surface area contributed by atoms with Gasteiger partial charge < -0.3 is 10.6 Å². The number of nitrogens with zero attached hydrogens (tertiary/aromatic N) is 3. The first-order chi connectivity index (χ1) is 16.3. The van der Waals surface area contributed by atoms with E-state index in [1.165, 1.54) is 52.6 Å². The van der Waals surface area contributed by atoms with Crippen molar-refractivity contribution in [1.82, 2.24) is 15.0 Å². The minimum atomic E-state index is -0.446. The summed E-state index contributed by atoms with van der Waals surface area (Å²) in [6.45, 7) is 3.95. The fraction of sp³-hybridized carbons (Fsp3) is 0.160. The van der Waals surface area contributed by atoms with E-state index in [1.807, 2.05) is 17.5 Å². The monoisotopic (exact) mass is 474 g/mol. The predicted octanol–water partition coefficient (Wildman–Crippen LogP) is 4.44. The molecule has 0 unspecified atom stereocenters. The maximum atomic E-state index is 12.3. The second kappa shape index (κ2) is 9.80. The lowest BCUT2D eigenvalue weighted by atomic mass is 9.99. The molecule has 0 aliphatic carbocycles. The largest absolute Gasteiger partial charge is 0.343 e. The topological polar surface area (TPSA) is 96.1 Å². The first kappa shape index (κ1) is 23.1. The Morgan fingerprint density at radius 1 is 1.03 bits per heavy atom. The van der Waals surface area contributed by atoms with Gasteiger partial charge in [0.2, 0.25) is 13.0 Å². The quantitative estimate of drug-likeness (QED) is 0.387. The Balaban J connectivity index is 1.39. The molecule has 0 fully saturated rings. The van der Waals surface area contributed by atoms with E-state index in [9.17, 15) is 14.5 Å². The lowest BCUT2D eigenvalue weighted by Gasteiger charge is -2.07. The molecule has 0 saturated heterocycles. The van der Waals surface area contributed by atoms with Crippen molar-refractivity contribution in [3.8, 4) is 22.4 Å². The highest BCUT2D eigenvalue weighted by Gasteiger charge is 2.14. The number of carbonyl (C=O) groups excluding carboxylic acids is 2. The van der Waals surface area contributed by atoms with Crippen LogP contribution in [0.2, 0.25) is 0 Å². The van der Waals surface area contributed by atoms with Crippen molar-refractivity contribution in [3.63, 3.8) is 0 Å². The van der Waals surface area contributed by atoms with Crippen LogP contribution in [0.4, 0.5) is 5.13 Å². The molecule has 2 amide bonds. The van der Waals surface area contributed by atoms with Gasteiger partial charge in [-0.3, -0.25) is 9.59 Å². The molecule has 4 rings (SSSR count). The number of hydrogen-bond acceptors (Lipinski definition) is 5. The molecule has 9 heteroatoms. The average Bonchev–Trinajstić information content (AvgIpc) is 3.47. The van der Waals surface area contributed by atoms with Gasteiger partial charge in [0.1, 0.15) is 4.87 Å². The van der Waals surface area contributed by atoms with Gasteiger partial charge in [-0.2, -0.15) is 0 Å². The van der Waals surface area contributed by atoms with E-state index in [-0.39, 0.29) is 12.1 Å². The summed E-state index contributed by atoms with van der Waals surface area (Å²) in [5, 5.41) is 7.59. The summed E-state index contributed by atoms with van der Waals surface area (Å²) in [6.07, 6.45) is 2.85. The summed E-state index contributed by atoms with van der Waals surface area (Å²) >= 11 is 1.32. The number of aromatic nitrogens is 2. The van der Waals surface area contributed by atoms with Gasteiger partial charge in [0.05, 0.1) is 35.1 Å². The molecule has 172 valence electrons. The van der Waals surface area contributed by atoms with E-state index in [4.69, 9.17) is 0 Å². The number of nitroso groups, excluding NO2 is 1. The van der Waals surface area contributed by atoms with Crippen molar-refractivity contribution in [1.29, 1.82) is 0 Å². The van der Waals surface area contributed by atoms with Gasteiger partial charge in [-0.15, -0.1) is 11.3 Å². The molecule has 4 aromatic rings. The van der Waals surface area contributed by atoms with Crippen LogP contribution in [0.3, 0.4) is 0 Å². The van der Waals surface area contributed by atoms with Gasteiger partial charge in [0.25, 0.3) is 5.91 Å². The maximum absolute atomic E-state index is 12.3. The molecule has 0 saturated carbocycles. The molecular weight excluding hydrogens is 450 g/mol. The molecule has 34 heavy (non-hydrogen) atoms. The van der Waals surface area contributed by atoms with E-state index in [0.29, 0.717) is 10.0 Å². The lowest BCUT2D eigenvalue weighted by Crippen LogP contribution is -2.32. The maximum Gasteiger partial charge on any atom is 0.253 e. The molecule has 0 atom stereocenters.